The van der Waals surface area contributed by atoms with Crippen molar-refractivity contribution in [1.82, 2.24) is 4.58 Å². The zero-order valence-electron chi connectivity index (χ0n) is 32.4. The van der Waals surface area contributed by atoms with Crippen LogP contribution < -0.4 is 24.5 Å². The number of rotatable bonds is 25. The van der Waals surface area contributed by atoms with Gasteiger partial charge in [-0.3, -0.25) is 0 Å². The molecular weight excluding hydrogens is 759 g/mol. The molecule has 1 aliphatic carbocycles. The Morgan fingerprint density at radius 2 is 1.27 bits per heavy atom. The first-order valence-corrected chi connectivity index (χ1v) is 25.5. The molecule has 0 spiro atoms. The Kier molecular flexibility index (Phi) is 20.2. The van der Waals surface area contributed by atoms with Crippen LogP contribution in [0.2, 0.25) is 0 Å². The molecule has 2 aromatic rings. The van der Waals surface area contributed by atoms with Crippen LogP contribution in [0.4, 0.5) is 11.4 Å². The Morgan fingerprint density at radius 1 is 0.654 bits per heavy atom. The molecule has 286 valence electrons. The third-order valence-corrected chi connectivity index (χ3v) is 14.9. The molecule has 2 aliphatic rings. The average Bonchev–Trinajstić information content (AvgIpc) is 3.14. The number of nitrogens with zero attached hydrogens (tertiary/aromatic N) is 3. The van der Waals surface area contributed by atoms with Crippen LogP contribution >= 0.6 is 70.6 Å². The first kappa shape index (κ1) is 43.4. The van der Waals surface area contributed by atoms with E-state index in [4.69, 9.17) is 9.15 Å². The van der Waals surface area contributed by atoms with Crippen LogP contribution in [0.15, 0.2) is 59.0 Å². The highest BCUT2D eigenvalue weighted by Crippen LogP contribution is 2.43. The summed E-state index contributed by atoms with van der Waals surface area (Å²) in [5.41, 5.74) is 6.67. The summed E-state index contributed by atoms with van der Waals surface area (Å²) >= 11 is 12.2. The molecule has 0 fully saturated rings. The molecule has 1 heterocycles. The lowest BCUT2D eigenvalue weighted by Gasteiger charge is -2.28. The number of hydrogen-bond acceptors (Lipinski definition) is 10. The van der Waals surface area contributed by atoms with Crippen molar-refractivity contribution in [2.75, 3.05) is 127 Å². The Balaban J connectivity index is 1.75. The molecule has 0 amide bonds. The fourth-order valence-corrected chi connectivity index (χ4v) is 11.0. The van der Waals surface area contributed by atoms with Crippen LogP contribution in [0.1, 0.15) is 20.8 Å². The van der Waals surface area contributed by atoms with Crippen LogP contribution in [-0.2, 0) is 0 Å². The summed E-state index contributed by atoms with van der Waals surface area (Å²) in [6.07, 6.45) is 0. The van der Waals surface area contributed by atoms with Crippen molar-refractivity contribution in [2.24, 2.45) is 0 Å². The average molecular weight is 819 g/mol. The fraction of sp³-hybridized carbons (Fsp3) is 0.537. The lowest BCUT2D eigenvalue weighted by atomic mass is 9.93. The van der Waals surface area contributed by atoms with Crippen LogP contribution in [0.25, 0.3) is 33.4 Å². The number of fused-ring (bicyclic) bond motifs is 2. The summed E-state index contributed by atoms with van der Waals surface area (Å²) in [5.74, 6) is 15.9. The predicted molar refractivity (Wildman–Crippen MR) is 248 cm³/mol. The maximum absolute atomic E-state index is 6.80. The van der Waals surface area contributed by atoms with E-state index in [2.05, 4.69) is 141 Å². The van der Waals surface area contributed by atoms with Crippen molar-refractivity contribution in [3.05, 3.63) is 60.0 Å². The minimum atomic E-state index is 0.696. The van der Waals surface area contributed by atoms with E-state index < -0.39 is 0 Å². The zero-order valence-corrected chi connectivity index (χ0v) is 37.3. The van der Waals surface area contributed by atoms with Crippen LogP contribution in [0.3, 0.4) is 0 Å². The van der Waals surface area contributed by atoms with E-state index in [-0.39, 0.29) is 0 Å². The van der Waals surface area contributed by atoms with Gasteiger partial charge in [-0.05, 0) is 53.2 Å². The highest BCUT2D eigenvalue weighted by Gasteiger charge is 2.21. The van der Waals surface area contributed by atoms with Crippen molar-refractivity contribution in [3.8, 4) is 28.2 Å². The molecule has 4 rings (SSSR count). The molecule has 1 aliphatic heterocycles. The molecular formula is C41H60N3O2S6+. The van der Waals surface area contributed by atoms with E-state index in [1.165, 1.54) is 57.3 Å². The summed E-state index contributed by atoms with van der Waals surface area (Å²) in [6, 6.07) is 20.1. The molecule has 5 nitrogen and oxygen atoms in total. The second kappa shape index (κ2) is 24.2. The van der Waals surface area contributed by atoms with E-state index in [1.54, 1.807) is 0 Å². The van der Waals surface area contributed by atoms with E-state index in [1.807, 2.05) is 47.0 Å². The quantitative estimate of drug-likeness (QED) is 0.0366. The molecule has 0 N–H and O–H groups in total. The number of ether oxygens (including phenoxy) is 1. The largest absolute Gasteiger partial charge is 0.491 e. The second-order valence-corrected chi connectivity index (χ2v) is 20.4. The van der Waals surface area contributed by atoms with Gasteiger partial charge in [-0.2, -0.15) is 70.6 Å². The molecule has 0 saturated carbocycles. The normalized spacial score (nSPS) is 11.4. The first-order chi connectivity index (χ1) is 25.4. The molecule has 0 atom stereocenters. The Bertz CT molecular complexity index is 1660. The molecule has 0 aromatic heterocycles. The minimum Gasteiger partial charge on any atom is -0.491 e. The molecule has 0 bridgehead atoms. The maximum atomic E-state index is 6.80. The predicted octanol–water partition coefficient (Wildman–Crippen LogP) is 9.95. The van der Waals surface area contributed by atoms with Gasteiger partial charge in [0.25, 0.3) is 0 Å². The number of thioether (sulfide) groups is 6. The molecule has 0 radical (unpaired) electrons. The Hall–Kier alpha value is -1.37. The van der Waals surface area contributed by atoms with Gasteiger partial charge in [-0.15, -0.1) is 0 Å². The number of anilines is 2. The van der Waals surface area contributed by atoms with Gasteiger partial charge in [0.2, 0.25) is 5.36 Å². The third-order valence-electron chi connectivity index (χ3n) is 8.54. The lowest BCUT2D eigenvalue weighted by Crippen LogP contribution is -2.29. The van der Waals surface area contributed by atoms with Gasteiger partial charge in [0.05, 0.1) is 18.4 Å². The SMILES string of the molecule is CCSCCSCCOc1cc(-c2c3ccc(=[N+](C)C)cc-3oc3cc(N(C)C)ccc23)ccc1N(CCSCCSCC)CCSCCSCC. The maximum Gasteiger partial charge on any atom is 0.203 e. The number of benzene rings is 3. The first-order valence-electron chi connectivity index (χ1n) is 18.5. The van der Waals surface area contributed by atoms with Gasteiger partial charge in [-0.1, -0.05) is 26.8 Å². The molecule has 0 unspecified atom stereocenters. The van der Waals surface area contributed by atoms with Gasteiger partial charge in [0.1, 0.15) is 31.2 Å². The molecule has 0 saturated heterocycles. The van der Waals surface area contributed by atoms with Crippen molar-refractivity contribution in [2.45, 2.75) is 20.8 Å². The van der Waals surface area contributed by atoms with Crippen molar-refractivity contribution < 1.29 is 9.15 Å². The summed E-state index contributed by atoms with van der Waals surface area (Å²) < 4.78 is 15.6. The van der Waals surface area contributed by atoms with Gasteiger partial charge < -0.3 is 19.0 Å². The zero-order chi connectivity index (χ0) is 37.1. The molecule has 2 aromatic carbocycles. The number of hydrogen-bond donors (Lipinski definition) is 0. The highest BCUT2D eigenvalue weighted by molar-refractivity contribution is 8.03. The summed E-state index contributed by atoms with van der Waals surface area (Å²) in [7, 11) is 8.31. The standard InChI is InChI=1S/C41H60N3O2S6/c1-8-47-23-26-50-20-17-44(18-21-51-27-24-48-9-2)37-16-11-32(29-40(37)45-19-22-52-28-25-49-10-3)41-35-14-12-33(42(4)5)30-38(35)46-39-31-34(43(6)7)13-15-36(39)41/h11-16,29-31H,8-10,17-28H2,1-7H3/q+1. The summed E-state index contributed by atoms with van der Waals surface area (Å²) in [5, 5.41) is 2.23. The lowest BCUT2D eigenvalue weighted by molar-refractivity contribution is 0.344. The van der Waals surface area contributed by atoms with Crippen LogP contribution in [-0.4, -0.2) is 117 Å². The highest BCUT2D eigenvalue weighted by atomic mass is 32.2. The van der Waals surface area contributed by atoms with E-state index in [0.717, 1.165) is 80.8 Å². The fourth-order valence-electron chi connectivity index (χ4n) is 5.79. The Labute approximate surface area is 340 Å². The molecule has 11 heteroatoms. The minimum absolute atomic E-state index is 0.696. The topological polar surface area (TPSA) is 31.9 Å². The van der Waals surface area contributed by atoms with Crippen molar-refractivity contribution in [1.29, 1.82) is 0 Å². The van der Waals surface area contributed by atoms with Gasteiger partial charge in [-0.25, -0.2) is 4.58 Å². The van der Waals surface area contributed by atoms with Crippen LogP contribution in [0.5, 0.6) is 5.75 Å². The van der Waals surface area contributed by atoms with Gasteiger partial charge >= 0.3 is 0 Å². The second-order valence-electron chi connectivity index (χ2n) is 12.6. The van der Waals surface area contributed by atoms with Crippen molar-refractivity contribution in [3.63, 3.8) is 0 Å². The summed E-state index contributed by atoms with van der Waals surface area (Å²) in [4.78, 5) is 4.72. The van der Waals surface area contributed by atoms with E-state index in [9.17, 15) is 0 Å². The monoisotopic (exact) mass is 818 g/mol. The van der Waals surface area contributed by atoms with Gasteiger partial charge in [0, 0.05) is 113 Å². The van der Waals surface area contributed by atoms with Gasteiger partial charge in [0.15, 0.2) is 0 Å². The third kappa shape index (κ3) is 13.4. The van der Waals surface area contributed by atoms with Crippen LogP contribution in [0, 0.1) is 0 Å². The molecule has 52 heavy (non-hydrogen) atoms. The smallest absolute Gasteiger partial charge is 0.203 e. The Morgan fingerprint density at radius 3 is 1.87 bits per heavy atom. The van der Waals surface area contributed by atoms with Crippen molar-refractivity contribution >= 4 is 92.9 Å². The van der Waals surface area contributed by atoms with E-state index >= 15 is 0 Å². The summed E-state index contributed by atoms with van der Waals surface area (Å²) in [6.45, 7) is 9.46. The van der Waals surface area contributed by atoms with E-state index in [0.29, 0.717) is 6.61 Å².